The quantitative estimate of drug-likeness (QED) is 0.642. The number of aromatic nitrogens is 2. The van der Waals surface area contributed by atoms with Crippen LogP contribution >= 0.6 is 0 Å². The van der Waals surface area contributed by atoms with Crippen LogP contribution in [0.4, 0.5) is 11.6 Å². The molecule has 0 aliphatic carbocycles. The largest absolute Gasteiger partial charge is 0.396 e. The number of ether oxygens (including phenoxy) is 1. The maximum absolute atomic E-state index is 8.92. The lowest BCUT2D eigenvalue weighted by atomic mass is 9.88. The van der Waals surface area contributed by atoms with Gasteiger partial charge in [0, 0.05) is 33.4 Å². The van der Waals surface area contributed by atoms with Crippen molar-refractivity contribution in [1.29, 1.82) is 0 Å². The van der Waals surface area contributed by atoms with E-state index in [-0.39, 0.29) is 12.0 Å². The zero-order valence-corrected chi connectivity index (χ0v) is 12.9. The Bertz CT molecular complexity index is 410. The minimum absolute atomic E-state index is 0.106. The van der Waals surface area contributed by atoms with E-state index in [4.69, 9.17) is 9.84 Å². The van der Waals surface area contributed by atoms with E-state index in [1.165, 1.54) is 0 Å². The van der Waals surface area contributed by atoms with Crippen molar-refractivity contribution in [3.8, 4) is 0 Å². The summed E-state index contributed by atoms with van der Waals surface area (Å²) >= 11 is 0. The molecule has 0 atom stereocenters. The highest BCUT2D eigenvalue weighted by Crippen LogP contribution is 2.23. The van der Waals surface area contributed by atoms with Crippen LogP contribution in [0.2, 0.25) is 0 Å². The van der Waals surface area contributed by atoms with Crippen molar-refractivity contribution in [1.82, 2.24) is 9.97 Å². The maximum Gasteiger partial charge on any atom is 0.158 e. The molecule has 3 N–H and O–H groups in total. The SMILES string of the molecule is CNc1cc(NCC(C)(C)CCCO)nc(COC)n1. The van der Waals surface area contributed by atoms with Gasteiger partial charge >= 0.3 is 0 Å². The first-order chi connectivity index (χ1) is 9.50. The summed E-state index contributed by atoms with van der Waals surface area (Å²) in [5.41, 5.74) is 0.106. The Morgan fingerprint density at radius 2 is 2.00 bits per heavy atom. The number of nitrogens with zero attached hydrogens (tertiary/aromatic N) is 2. The van der Waals surface area contributed by atoms with Crippen molar-refractivity contribution >= 4 is 11.6 Å². The van der Waals surface area contributed by atoms with E-state index in [1.807, 2.05) is 13.1 Å². The molecule has 20 heavy (non-hydrogen) atoms. The molecule has 0 spiro atoms. The fourth-order valence-corrected chi connectivity index (χ4v) is 1.89. The van der Waals surface area contributed by atoms with Gasteiger partial charge in [-0.3, -0.25) is 0 Å². The van der Waals surface area contributed by atoms with E-state index < -0.39 is 0 Å². The number of aliphatic hydroxyl groups excluding tert-OH is 1. The van der Waals surface area contributed by atoms with Gasteiger partial charge in [0.1, 0.15) is 18.2 Å². The highest BCUT2D eigenvalue weighted by molar-refractivity contribution is 5.47. The zero-order valence-electron chi connectivity index (χ0n) is 12.9. The molecule has 0 radical (unpaired) electrons. The van der Waals surface area contributed by atoms with E-state index in [0.717, 1.165) is 31.0 Å². The molecule has 0 saturated carbocycles. The molecule has 0 aromatic carbocycles. The van der Waals surface area contributed by atoms with Gasteiger partial charge < -0.3 is 20.5 Å². The second-order valence-electron chi connectivity index (χ2n) is 5.58. The van der Waals surface area contributed by atoms with E-state index in [2.05, 4.69) is 34.4 Å². The maximum atomic E-state index is 8.92. The first kappa shape index (κ1) is 16.7. The predicted molar refractivity (Wildman–Crippen MR) is 80.9 cm³/mol. The zero-order chi connectivity index (χ0) is 15.0. The van der Waals surface area contributed by atoms with Gasteiger partial charge in [0.2, 0.25) is 0 Å². The number of rotatable bonds is 9. The minimum atomic E-state index is 0.106. The predicted octanol–water partition coefficient (Wildman–Crippen LogP) is 1.88. The highest BCUT2D eigenvalue weighted by atomic mass is 16.5. The number of hydrogen-bond donors (Lipinski definition) is 3. The van der Waals surface area contributed by atoms with Gasteiger partial charge in [0.15, 0.2) is 5.82 Å². The van der Waals surface area contributed by atoms with Gasteiger partial charge in [-0.15, -0.1) is 0 Å². The molecule has 1 aromatic heterocycles. The third kappa shape index (κ3) is 5.71. The first-order valence-corrected chi connectivity index (χ1v) is 6.90. The van der Waals surface area contributed by atoms with Crippen LogP contribution in [0.15, 0.2) is 6.07 Å². The fraction of sp³-hybridized carbons (Fsp3) is 0.714. The third-order valence-electron chi connectivity index (χ3n) is 3.06. The Balaban J connectivity index is 2.68. The molecule has 6 nitrogen and oxygen atoms in total. The summed E-state index contributed by atoms with van der Waals surface area (Å²) in [6, 6.07) is 1.88. The molecule has 0 bridgehead atoms. The second-order valence-corrected chi connectivity index (χ2v) is 5.58. The van der Waals surface area contributed by atoms with Gasteiger partial charge in [0.25, 0.3) is 0 Å². The van der Waals surface area contributed by atoms with Crippen molar-refractivity contribution in [2.24, 2.45) is 5.41 Å². The molecular formula is C14H26N4O2. The molecule has 0 unspecified atom stereocenters. The lowest BCUT2D eigenvalue weighted by molar-refractivity contribution is 0.178. The normalized spacial score (nSPS) is 11.4. The Morgan fingerprint density at radius 3 is 2.60 bits per heavy atom. The molecule has 6 heteroatoms. The summed E-state index contributed by atoms with van der Waals surface area (Å²) in [4.78, 5) is 8.73. The molecule has 0 fully saturated rings. The number of hydrogen-bond acceptors (Lipinski definition) is 6. The summed E-state index contributed by atoms with van der Waals surface area (Å²) in [7, 11) is 3.45. The molecule has 1 rings (SSSR count). The third-order valence-corrected chi connectivity index (χ3v) is 3.06. The van der Waals surface area contributed by atoms with Crippen molar-refractivity contribution in [3.05, 3.63) is 11.9 Å². The molecule has 0 aliphatic rings. The van der Waals surface area contributed by atoms with E-state index >= 15 is 0 Å². The van der Waals surface area contributed by atoms with Crippen LogP contribution in [0.5, 0.6) is 0 Å². The van der Waals surface area contributed by atoms with Crippen LogP contribution in [0.1, 0.15) is 32.5 Å². The molecular weight excluding hydrogens is 256 g/mol. The Hall–Kier alpha value is -1.40. The number of aliphatic hydroxyl groups is 1. The van der Waals surface area contributed by atoms with Crippen LogP contribution in [-0.2, 0) is 11.3 Å². The van der Waals surface area contributed by atoms with Crippen LogP contribution in [0.3, 0.4) is 0 Å². The summed E-state index contributed by atoms with van der Waals surface area (Å²) in [5.74, 6) is 2.20. The van der Waals surface area contributed by atoms with E-state index in [9.17, 15) is 0 Å². The van der Waals surface area contributed by atoms with Gasteiger partial charge in [-0.25, -0.2) is 9.97 Å². The van der Waals surface area contributed by atoms with Crippen LogP contribution in [0.25, 0.3) is 0 Å². The molecule has 0 aliphatic heterocycles. The minimum Gasteiger partial charge on any atom is -0.396 e. The Kier molecular flexibility index (Phi) is 6.67. The summed E-state index contributed by atoms with van der Waals surface area (Å²) in [6.45, 7) is 5.76. The topological polar surface area (TPSA) is 79.3 Å². The highest BCUT2D eigenvalue weighted by Gasteiger charge is 2.17. The van der Waals surface area contributed by atoms with Gasteiger partial charge in [-0.1, -0.05) is 13.8 Å². The molecule has 0 saturated heterocycles. The van der Waals surface area contributed by atoms with E-state index in [1.54, 1.807) is 7.11 Å². The number of anilines is 2. The summed E-state index contributed by atoms with van der Waals surface area (Å²) in [6.07, 6.45) is 1.78. The fourth-order valence-electron chi connectivity index (χ4n) is 1.89. The first-order valence-electron chi connectivity index (χ1n) is 6.90. The Morgan fingerprint density at radius 1 is 1.30 bits per heavy atom. The van der Waals surface area contributed by atoms with E-state index in [0.29, 0.717) is 12.4 Å². The summed E-state index contributed by atoms with van der Waals surface area (Å²) < 4.78 is 5.07. The van der Waals surface area contributed by atoms with Crippen LogP contribution in [-0.4, -0.2) is 42.4 Å². The van der Waals surface area contributed by atoms with Gasteiger partial charge in [-0.2, -0.15) is 0 Å². The lowest BCUT2D eigenvalue weighted by Gasteiger charge is -2.25. The van der Waals surface area contributed by atoms with Crippen molar-refractivity contribution in [2.45, 2.75) is 33.3 Å². The monoisotopic (exact) mass is 282 g/mol. The molecule has 1 heterocycles. The van der Waals surface area contributed by atoms with Gasteiger partial charge in [0.05, 0.1) is 0 Å². The standard InChI is InChI=1S/C14H26N4O2/c1-14(2,6-5-7-19)10-16-12-8-11(15-3)17-13(18-12)9-20-4/h8,19H,5-7,9-10H2,1-4H3,(H2,15,16,17,18). The smallest absolute Gasteiger partial charge is 0.158 e. The average molecular weight is 282 g/mol. The Labute approximate surface area is 121 Å². The second kappa shape index (κ2) is 8.01. The lowest BCUT2D eigenvalue weighted by Crippen LogP contribution is -2.24. The summed E-state index contributed by atoms with van der Waals surface area (Å²) in [5, 5.41) is 15.3. The molecule has 114 valence electrons. The average Bonchev–Trinajstić information content (AvgIpc) is 2.43. The van der Waals surface area contributed by atoms with Gasteiger partial charge in [-0.05, 0) is 18.3 Å². The molecule has 1 aromatic rings. The van der Waals surface area contributed by atoms with Crippen LogP contribution < -0.4 is 10.6 Å². The van der Waals surface area contributed by atoms with Crippen molar-refractivity contribution < 1.29 is 9.84 Å². The number of methoxy groups -OCH3 is 1. The molecule has 0 amide bonds. The number of nitrogens with one attached hydrogen (secondary N) is 2. The van der Waals surface area contributed by atoms with Crippen molar-refractivity contribution in [3.63, 3.8) is 0 Å². The van der Waals surface area contributed by atoms with Crippen LogP contribution in [0, 0.1) is 5.41 Å². The van der Waals surface area contributed by atoms with Crippen molar-refractivity contribution in [2.75, 3.05) is 37.9 Å².